The monoisotopic (exact) mass is 342 g/mol. The molecule has 3 aromatic rings. The van der Waals surface area contributed by atoms with E-state index in [2.05, 4.69) is 0 Å². The lowest BCUT2D eigenvalue weighted by molar-refractivity contribution is -0.138. The van der Waals surface area contributed by atoms with Crippen LogP contribution in [0.4, 0.5) is 26.3 Å². The summed E-state index contributed by atoms with van der Waals surface area (Å²) in [4.78, 5) is 11.2. The fourth-order valence-electron chi connectivity index (χ4n) is 2.63. The van der Waals surface area contributed by atoms with Crippen molar-refractivity contribution in [3.8, 4) is 0 Å². The van der Waals surface area contributed by atoms with Gasteiger partial charge in [0.2, 0.25) is 0 Å². The first-order valence-electron chi connectivity index (χ1n) is 6.71. The van der Waals surface area contributed by atoms with Crippen LogP contribution in [0.3, 0.4) is 0 Å². The second kappa shape index (κ2) is 5.22. The fourth-order valence-corrected chi connectivity index (χ4v) is 2.63. The van der Waals surface area contributed by atoms with E-state index in [4.69, 9.17) is 0 Å². The third kappa shape index (κ3) is 2.70. The van der Waals surface area contributed by atoms with E-state index in [1.165, 1.54) is 6.07 Å². The molecule has 0 N–H and O–H groups in total. The van der Waals surface area contributed by atoms with E-state index in [1.54, 1.807) is 0 Å². The second-order valence-electron chi connectivity index (χ2n) is 5.28. The Balaban J connectivity index is 2.45. The molecule has 0 aromatic heterocycles. The van der Waals surface area contributed by atoms with Gasteiger partial charge >= 0.3 is 12.4 Å². The number of benzene rings is 3. The minimum Gasteiger partial charge on any atom is -0.298 e. The number of alkyl halides is 6. The van der Waals surface area contributed by atoms with Gasteiger partial charge in [-0.2, -0.15) is 26.3 Å². The molecule has 1 nitrogen and oxygen atoms in total. The summed E-state index contributed by atoms with van der Waals surface area (Å²) in [5.74, 6) is 0. The number of rotatable bonds is 1. The molecule has 0 spiro atoms. The van der Waals surface area contributed by atoms with E-state index in [0.717, 1.165) is 36.4 Å². The Labute approximate surface area is 131 Å². The molecule has 0 heterocycles. The van der Waals surface area contributed by atoms with Crippen LogP contribution in [-0.4, -0.2) is 6.29 Å². The molecule has 0 bridgehead atoms. The third-order valence-corrected chi connectivity index (χ3v) is 3.77. The van der Waals surface area contributed by atoms with Crippen molar-refractivity contribution in [1.82, 2.24) is 0 Å². The maximum atomic E-state index is 12.9. The van der Waals surface area contributed by atoms with Crippen LogP contribution in [0.15, 0.2) is 42.5 Å². The highest BCUT2D eigenvalue weighted by Crippen LogP contribution is 2.37. The molecule has 0 radical (unpaired) electrons. The molecule has 7 heteroatoms. The Morgan fingerprint density at radius 1 is 0.667 bits per heavy atom. The summed E-state index contributed by atoms with van der Waals surface area (Å²) in [6, 6.07) is 6.80. The summed E-state index contributed by atoms with van der Waals surface area (Å²) in [7, 11) is 0. The van der Waals surface area contributed by atoms with Crippen LogP contribution in [0.1, 0.15) is 21.5 Å². The van der Waals surface area contributed by atoms with Crippen molar-refractivity contribution in [3.05, 3.63) is 59.2 Å². The Kier molecular flexibility index (Phi) is 3.55. The van der Waals surface area contributed by atoms with Crippen LogP contribution in [0.25, 0.3) is 21.5 Å². The first-order chi connectivity index (χ1) is 11.1. The number of hydrogen-bond donors (Lipinski definition) is 0. The normalized spacial score (nSPS) is 12.8. The van der Waals surface area contributed by atoms with Crippen molar-refractivity contribution >= 4 is 27.8 Å². The molecule has 3 aromatic carbocycles. The average Bonchev–Trinajstić information content (AvgIpc) is 2.51. The van der Waals surface area contributed by atoms with Crippen molar-refractivity contribution in [2.75, 3.05) is 0 Å². The topological polar surface area (TPSA) is 17.1 Å². The van der Waals surface area contributed by atoms with Gasteiger partial charge in [-0.25, -0.2) is 0 Å². The van der Waals surface area contributed by atoms with Gasteiger partial charge in [-0.1, -0.05) is 12.1 Å². The smallest absolute Gasteiger partial charge is 0.298 e. The van der Waals surface area contributed by atoms with Gasteiger partial charge in [0.15, 0.2) is 6.29 Å². The molecule has 0 saturated carbocycles. The van der Waals surface area contributed by atoms with Crippen LogP contribution in [-0.2, 0) is 12.4 Å². The molecule has 0 unspecified atom stereocenters. The summed E-state index contributed by atoms with van der Waals surface area (Å²) < 4.78 is 77.4. The molecule has 0 aliphatic rings. The minimum atomic E-state index is -4.64. The van der Waals surface area contributed by atoms with Crippen LogP contribution < -0.4 is 0 Å². The molecule has 24 heavy (non-hydrogen) atoms. The Morgan fingerprint density at radius 3 is 1.75 bits per heavy atom. The maximum Gasteiger partial charge on any atom is 0.416 e. The van der Waals surface area contributed by atoms with E-state index < -0.39 is 23.5 Å². The second-order valence-corrected chi connectivity index (χ2v) is 5.28. The molecule has 0 fully saturated rings. The average molecular weight is 342 g/mol. The van der Waals surface area contributed by atoms with Gasteiger partial charge in [0.05, 0.1) is 11.1 Å². The third-order valence-electron chi connectivity index (χ3n) is 3.77. The van der Waals surface area contributed by atoms with Gasteiger partial charge in [0, 0.05) is 5.56 Å². The SMILES string of the molecule is O=Cc1cc2ccc(C(F)(F)F)cc2c2cc(C(F)(F)F)ccc12. The predicted molar refractivity (Wildman–Crippen MR) is 76.8 cm³/mol. The van der Waals surface area contributed by atoms with Gasteiger partial charge in [0.1, 0.15) is 0 Å². The molecule has 0 amide bonds. The zero-order valence-electron chi connectivity index (χ0n) is 11.8. The van der Waals surface area contributed by atoms with E-state index in [1.807, 2.05) is 0 Å². The Morgan fingerprint density at radius 2 is 1.21 bits per heavy atom. The lowest BCUT2D eigenvalue weighted by Gasteiger charge is -2.13. The standard InChI is InChI=1S/C17H8F6O/c18-16(19,20)11-2-1-9-5-10(8-24)13-4-3-12(17(21,22)23)7-15(13)14(9)6-11/h1-8H. The molecule has 124 valence electrons. The van der Waals surface area contributed by atoms with E-state index in [9.17, 15) is 31.1 Å². The molecule has 3 rings (SSSR count). The fraction of sp³-hybridized carbons (Fsp3) is 0.118. The Bertz CT molecular complexity index is 953. The highest BCUT2D eigenvalue weighted by molar-refractivity contribution is 6.13. The summed E-state index contributed by atoms with van der Waals surface area (Å²) in [5, 5.41) is 0.397. The van der Waals surface area contributed by atoms with Gasteiger partial charge in [0.25, 0.3) is 0 Å². The summed E-state index contributed by atoms with van der Waals surface area (Å²) in [6.45, 7) is 0. The first-order valence-corrected chi connectivity index (χ1v) is 6.71. The molecular weight excluding hydrogens is 334 g/mol. The number of hydrogen-bond acceptors (Lipinski definition) is 1. The van der Waals surface area contributed by atoms with Crippen molar-refractivity contribution < 1.29 is 31.1 Å². The largest absolute Gasteiger partial charge is 0.416 e. The van der Waals surface area contributed by atoms with Gasteiger partial charge < -0.3 is 0 Å². The van der Waals surface area contributed by atoms with Crippen molar-refractivity contribution in [1.29, 1.82) is 0 Å². The number of halogens is 6. The van der Waals surface area contributed by atoms with E-state index in [-0.39, 0.29) is 27.1 Å². The van der Waals surface area contributed by atoms with Gasteiger partial charge in [-0.3, -0.25) is 4.79 Å². The lowest BCUT2D eigenvalue weighted by atomic mass is 9.95. The first kappa shape index (κ1) is 16.3. The van der Waals surface area contributed by atoms with E-state index in [0.29, 0.717) is 6.29 Å². The molecule has 0 saturated heterocycles. The quantitative estimate of drug-likeness (QED) is 0.308. The van der Waals surface area contributed by atoms with Crippen molar-refractivity contribution in [2.24, 2.45) is 0 Å². The van der Waals surface area contributed by atoms with Crippen molar-refractivity contribution in [3.63, 3.8) is 0 Å². The highest BCUT2D eigenvalue weighted by Gasteiger charge is 2.32. The molecule has 0 aliphatic carbocycles. The maximum absolute atomic E-state index is 12.9. The molecular formula is C17H8F6O. The molecule has 0 atom stereocenters. The highest BCUT2D eigenvalue weighted by atomic mass is 19.4. The van der Waals surface area contributed by atoms with Crippen LogP contribution in [0.2, 0.25) is 0 Å². The van der Waals surface area contributed by atoms with Crippen LogP contribution in [0.5, 0.6) is 0 Å². The van der Waals surface area contributed by atoms with Gasteiger partial charge in [-0.15, -0.1) is 0 Å². The predicted octanol–water partition coefficient (Wildman–Crippen LogP) is 5.84. The zero-order chi connectivity index (χ0) is 17.7. The summed E-state index contributed by atoms with van der Waals surface area (Å²) in [6.07, 6.45) is -8.79. The number of fused-ring (bicyclic) bond motifs is 3. The van der Waals surface area contributed by atoms with Crippen LogP contribution >= 0.6 is 0 Å². The summed E-state index contributed by atoms with van der Waals surface area (Å²) >= 11 is 0. The molecule has 0 aliphatic heterocycles. The zero-order valence-corrected chi connectivity index (χ0v) is 11.8. The van der Waals surface area contributed by atoms with Gasteiger partial charge in [-0.05, 0) is 51.9 Å². The van der Waals surface area contributed by atoms with E-state index >= 15 is 0 Å². The van der Waals surface area contributed by atoms with Crippen molar-refractivity contribution in [2.45, 2.75) is 12.4 Å². The lowest BCUT2D eigenvalue weighted by Crippen LogP contribution is -2.06. The summed E-state index contributed by atoms with van der Waals surface area (Å²) in [5.41, 5.74) is -1.84. The number of aldehydes is 1. The Hall–Kier alpha value is -2.57. The number of carbonyl (C=O) groups excluding carboxylic acids is 1. The minimum absolute atomic E-state index is 0.0107. The van der Waals surface area contributed by atoms with Crippen LogP contribution in [0, 0.1) is 0 Å². The number of carbonyl (C=O) groups is 1.